The SMILES string of the molecule is CC1(C(=O)O)CCCCC1NC(=O)N1CCCCC1. The van der Waals surface area contributed by atoms with Crippen molar-refractivity contribution in [1.29, 1.82) is 0 Å². The average molecular weight is 268 g/mol. The maximum absolute atomic E-state index is 12.2. The third kappa shape index (κ3) is 3.01. The second-order valence-corrected chi connectivity index (χ2v) is 6.02. The Kier molecular flexibility index (Phi) is 4.32. The number of rotatable bonds is 2. The Balaban J connectivity index is 1.99. The number of piperidine rings is 1. The Labute approximate surface area is 114 Å². The number of aliphatic carboxylic acids is 1. The number of carboxylic acid groups (broad SMARTS) is 1. The van der Waals surface area contributed by atoms with E-state index in [-0.39, 0.29) is 12.1 Å². The predicted octanol–water partition coefficient (Wildman–Crippen LogP) is 2.22. The molecule has 1 aliphatic carbocycles. The molecule has 0 bridgehead atoms. The summed E-state index contributed by atoms with van der Waals surface area (Å²) in [5.74, 6) is -0.795. The molecular formula is C14H24N2O3. The Morgan fingerprint density at radius 1 is 1.16 bits per heavy atom. The van der Waals surface area contributed by atoms with Crippen molar-refractivity contribution in [2.75, 3.05) is 13.1 Å². The van der Waals surface area contributed by atoms with E-state index in [0.29, 0.717) is 6.42 Å². The largest absolute Gasteiger partial charge is 0.481 e. The first-order chi connectivity index (χ1) is 9.04. The van der Waals surface area contributed by atoms with Gasteiger partial charge in [-0.25, -0.2) is 4.79 Å². The van der Waals surface area contributed by atoms with Crippen LogP contribution in [-0.4, -0.2) is 41.1 Å². The maximum atomic E-state index is 12.2. The number of nitrogens with zero attached hydrogens (tertiary/aromatic N) is 1. The van der Waals surface area contributed by atoms with Crippen LogP contribution in [0.2, 0.25) is 0 Å². The number of carboxylic acids is 1. The molecule has 5 heteroatoms. The Morgan fingerprint density at radius 3 is 2.47 bits per heavy atom. The van der Waals surface area contributed by atoms with E-state index >= 15 is 0 Å². The molecule has 0 aromatic heterocycles. The lowest BCUT2D eigenvalue weighted by Gasteiger charge is -2.39. The van der Waals surface area contributed by atoms with Gasteiger partial charge in [0.2, 0.25) is 0 Å². The summed E-state index contributed by atoms with van der Waals surface area (Å²) >= 11 is 0. The van der Waals surface area contributed by atoms with Crippen LogP contribution in [0.1, 0.15) is 51.9 Å². The minimum atomic E-state index is -0.816. The van der Waals surface area contributed by atoms with Gasteiger partial charge in [-0.3, -0.25) is 4.79 Å². The number of likely N-dealkylation sites (tertiary alicyclic amines) is 1. The molecule has 108 valence electrons. The van der Waals surface area contributed by atoms with Gasteiger partial charge in [0.1, 0.15) is 0 Å². The van der Waals surface area contributed by atoms with Crippen LogP contribution in [-0.2, 0) is 4.79 Å². The van der Waals surface area contributed by atoms with E-state index in [1.165, 1.54) is 6.42 Å². The van der Waals surface area contributed by atoms with E-state index in [9.17, 15) is 14.7 Å². The van der Waals surface area contributed by atoms with Gasteiger partial charge < -0.3 is 15.3 Å². The summed E-state index contributed by atoms with van der Waals surface area (Å²) in [6.45, 7) is 3.35. The fraction of sp³-hybridized carbons (Fsp3) is 0.857. The van der Waals surface area contributed by atoms with Crippen LogP contribution in [0.3, 0.4) is 0 Å². The van der Waals surface area contributed by atoms with Crippen molar-refractivity contribution in [2.45, 2.75) is 57.9 Å². The van der Waals surface area contributed by atoms with Crippen molar-refractivity contribution in [1.82, 2.24) is 10.2 Å². The van der Waals surface area contributed by atoms with Crippen LogP contribution < -0.4 is 5.32 Å². The standard InChI is InChI=1S/C14H24N2O3/c1-14(12(17)18)8-4-3-7-11(14)15-13(19)16-9-5-2-6-10-16/h11H,2-10H2,1H3,(H,15,19)(H,17,18). The molecular weight excluding hydrogens is 244 g/mol. The van der Waals surface area contributed by atoms with Crippen molar-refractivity contribution in [3.63, 3.8) is 0 Å². The van der Waals surface area contributed by atoms with Crippen LogP contribution in [0.5, 0.6) is 0 Å². The topological polar surface area (TPSA) is 69.6 Å². The number of hydrogen-bond acceptors (Lipinski definition) is 2. The first-order valence-corrected chi connectivity index (χ1v) is 7.33. The second kappa shape index (κ2) is 5.80. The number of nitrogens with one attached hydrogen (secondary N) is 1. The molecule has 1 heterocycles. The predicted molar refractivity (Wildman–Crippen MR) is 72.0 cm³/mol. The van der Waals surface area contributed by atoms with Gasteiger partial charge in [-0.15, -0.1) is 0 Å². The molecule has 2 amide bonds. The zero-order chi connectivity index (χ0) is 13.9. The highest BCUT2D eigenvalue weighted by atomic mass is 16.4. The van der Waals surface area contributed by atoms with Crippen LogP contribution in [0.15, 0.2) is 0 Å². The van der Waals surface area contributed by atoms with E-state index < -0.39 is 11.4 Å². The summed E-state index contributed by atoms with van der Waals surface area (Å²) in [5, 5.41) is 12.4. The lowest BCUT2D eigenvalue weighted by atomic mass is 9.72. The van der Waals surface area contributed by atoms with Crippen LogP contribution in [0.25, 0.3) is 0 Å². The first-order valence-electron chi connectivity index (χ1n) is 7.33. The second-order valence-electron chi connectivity index (χ2n) is 6.02. The van der Waals surface area contributed by atoms with Crippen molar-refractivity contribution in [3.05, 3.63) is 0 Å². The molecule has 2 N–H and O–H groups in total. The third-order valence-corrected chi connectivity index (χ3v) is 4.64. The summed E-state index contributed by atoms with van der Waals surface area (Å²) in [6, 6.07) is -0.327. The van der Waals surface area contributed by atoms with Gasteiger partial charge in [-0.05, 0) is 39.0 Å². The minimum Gasteiger partial charge on any atom is -0.481 e. The number of urea groups is 1. The third-order valence-electron chi connectivity index (χ3n) is 4.64. The fourth-order valence-corrected chi connectivity index (χ4v) is 3.16. The molecule has 2 atom stereocenters. The van der Waals surface area contributed by atoms with E-state index in [1.54, 1.807) is 6.92 Å². The molecule has 0 spiro atoms. The molecule has 1 aliphatic heterocycles. The molecule has 19 heavy (non-hydrogen) atoms. The Bertz CT molecular complexity index is 353. The molecule has 0 aromatic carbocycles. The molecule has 2 rings (SSSR count). The summed E-state index contributed by atoms with van der Waals surface area (Å²) in [7, 11) is 0. The highest BCUT2D eigenvalue weighted by Gasteiger charge is 2.44. The average Bonchev–Trinajstić information content (AvgIpc) is 2.42. The maximum Gasteiger partial charge on any atom is 0.317 e. The molecule has 1 saturated carbocycles. The lowest BCUT2D eigenvalue weighted by molar-refractivity contribution is -0.151. The molecule has 0 aromatic rings. The number of amides is 2. The van der Waals surface area contributed by atoms with Gasteiger partial charge in [0.05, 0.1) is 5.41 Å². The highest BCUT2D eigenvalue weighted by molar-refractivity contribution is 5.79. The van der Waals surface area contributed by atoms with Crippen LogP contribution >= 0.6 is 0 Å². The lowest BCUT2D eigenvalue weighted by Crippen LogP contribution is -2.55. The summed E-state index contributed by atoms with van der Waals surface area (Å²) in [4.78, 5) is 25.5. The van der Waals surface area contributed by atoms with Crippen molar-refractivity contribution >= 4 is 12.0 Å². The quantitative estimate of drug-likeness (QED) is 0.806. The van der Waals surface area contributed by atoms with E-state index in [4.69, 9.17) is 0 Å². The van der Waals surface area contributed by atoms with Crippen molar-refractivity contribution in [2.24, 2.45) is 5.41 Å². The summed E-state index contributed by atoms with van der Waals surface area (Å²) in [6.07, 6.45) is 6.62. The first kappa shape index (κ1) is 14.2. The normalized spacial score (nSPS) is 31.8. The van der Waals surface area contributed by atoms with E-state index in [0.717, 1.165) is 45.2 Å². The Hall–Kier alpha value is -1.26. The Morgan fingerprint density at radius 2 is 1.84 bits per heavy atom. The molecule has 2 fully saturated rings. The van der Waals surface area contributed by atoms with Crippen LogP contribution in [0.4, 0.5) is 4.79 Å². The molecule has 2 aliphatic rings. The van der Waals surface area contributed by atoms with E-state index in [1.807, 2.05) is 4.90 Å². The zero-order valence-electron chi connectivity index (χ0n) is 11.7. The molecule has 2 unspecified atom stereocenters. The fourth-order valence-electron chi connectivity index (χ4n) is 3.16. The monoisotopic (exact) mass is 268 g/mol. The van der Waals surface area contributed by atoms with Gasteiger partial charge in [0, 0.05) is 19.1 Å². The molecule has 5 nitrogen and oxygen atoms in total. The van der Waals surface area contributed by atoms with Gasteiger partial charge in [-0.2, -0.15) is 0 Å². The number of carbonyl (C=O) groups is 2. The summed E-state index contributed by atoms with van der Waals surface area (Å²) in [5.41, 5.74) is -0.816. The van der Waals surface area contributed by atoms with Crippen molar-refractivity contribution in [3.8, 4) is 0 Å². The van der Waals surface area contributed by atoms with Gasteiger partial charge in [-0.1, -0.05) is 12.8 Å². The number of carbonyl (C=O) groups excluding carboxylic acids is 1. The highest BCUT2D eigenvalue weighted by Crippen LogP contribution is 2.36. The number of hydrogen-bond donors (Lipinski definition) is 2. The minimum absolute atomic E-state index is 0.0842. The van der Waals surface area contributed by atoms with Gasteiger partial charge >= 0.3 is 12.0 Å². The summed E-state index contributed by atoms with van der Waals surface area (Å²) < 4.78 is 0. The molecule has 0 radical (unpaired) electrons. The van der Waals surface area contributed by atoms with Gasteiger partial charge in [0.25, 0.3) is 0 Å². The smallest absolute Gasteiger partial charge is 0.317 e. The zero-order valence-corrected chi connectivity index (χ0v) is 11.7. The molecule has 1 saturated heterocycles. The van der Waals surface area contributed by atoms with Crippen LogP contribution in [0, 0.1) is 5.41 Å². The van der Waals surface area contributed by atoms with Crippen molar-refractivity contribution < 1.29 is 14.7 Å². The van der Waals surface area contributed by atoms with E-state index in [2.05, 4.69) is 5.32 Å². The van der Waals surface area contributed by atoms with Gasteiger partial charge in [0.15, 0.2) is 0 Å².